The lowest BCUT2D eigenvalue weighted by Gasteiger charge is -2.29. The maximum atomic E-state index is 9.47. The monoisotopic (exact) mass is 261 g/mol. The molecule has 1 aliphatic rings. The van der Waals surface area contributed by atoms with Crippen molar-refractivity contribution in [2.45, 2.75) is 51.6 Å². The van der Waals surface area contributed by atoms with E-state index in [4.69, 9.17) is 0 Å². The Labute approximate surface area is 117 Å². The average Bonchev–Trinajstić information content (AvgIpc) is 2.41. The predicted octanol–water partition coefficient (Wildman–Crippen LogP) is 3.20. The van der Waals surface area contributed by atoms with E-state index < -0.39 is 0 Å². The first-order chi connectivity index (χ1) is 9.15. The zero-order chi connectivity index (χ0) is 13.7. The molecular weight excluding hydrogens is 234 g/mol. The average molecular weight is 261 g/mol. The van der Waals surface area contributed by atoms with Crippen LogP contribution in [0.1, 0.15) is 50.2 Å². The molecule has 0 bridgehead atoms. The Kier molecular flexibility index (Phi) is 5.41. The molecule has 0 amide bonds. The van der Waals surface area contributed by atoms with Gasteiger partial charge in [-0.1, -0.05) is 38.1 Å². The van der Waals surface area contributed by atoms with Crippen LogP contribution in [0.15, 0.2) is 24.3 Å². The Balaban J connectivity index is 1.70. The van der Waals surface area contributed by atoms with Gasteiger partial charge in [0.25, 0.3) is 0 Å². The molecule has 106 valence electrons. The molecule has 19 heavy (non-hydrogen) atoms. The number of aliphatic hydroxyl groups excluding tert-OH is 1. The Morgan fingerprint density at radius 2 is 1.79 bits per heavy atom. The van der Waals surface area contributed by atoms with Gasteiger partial charge in [-0.05, 0) is 49.3 Å². The van der Waals surface area contributed by atoms with E-state index in [9.17, 15) is 5.11 Å². The van der Waals surface area contributed by atoms with E-state index in [1.54, 1.807) is 0 Å². The first kappa shape index (κ1) is 14.5. The van der Waals surface area contributed by atoms with Gasteiger partial charge in [0.15, 0.2) is 0 Å². The molecule has 0 atom stereocenters. The third kappa shape index (κ3) is 4.63. The molecule has 1 aromatic carbocycles. The van der Waals surface area contributed by atoms with E-state index in [1.165, 1.54) is 24.1 Å². The lowest BCUT2D eigenvalue weighted by molar-refractivity contribution is 0.0821. The van der Waals surface area contributed by atoms with Crippen LogP contribution in [0.3, 0.4) is 0 Å². The summed E-state index contributed by atoms with van der Waals surface area (Å²) in [6.07, 6.45) is 4.22. The highest BCUT2D eigenvalue weighted by Gasteiger charge is 2.15. The van der Waals surface area contributed by atoms with Crippen molar-refractivity contribution in [2.24, 2.45) is 0 Å². The number of hydrogen-bond acceptors (Lipinski definition) is 2. The van der Waals surface area contributed by atoms with Crippen LogP contribution in [0.5, 0.6) is 0 Å². The molecule has 0 saturated carbocycles. The van der Waals surface area contributed by atoms with Crippen molar-refractivity contribution in [3.05, 3.63) is 35.4 Å². The SMILES string of the molecule is CC(C)c1ccc(CCCN2CCC(O)CC2)cc1. The van der Waals surface area contributed by atoms with Gasteiger partial charge < -0.3 is 10.0 Å². The van der Waals surface area contributed by atoms with E-state index in [-0.39, 0.29) is 6.10 Å². The van der Waals surface area contributed by atoms with Crippen molar-refractivity contribution >= 4 is 0 Å². The Hall–Kier alpha value is -0.860. The van der Waals surface area contributed by atoms with Gasteiger partial charge in [-0.25, -0.2) is 0 Å². The number of aryl methyl sites for hydroxylation is 1. The lowest BCUT2D eigenvalue weighted by atomic mass is 10.00. The van der Waals surface area contributed by atoms with Gasteiger partial charge in [-0.2, -0.15) is 0 Å². The summed E-state index contributed by atoms with van der Waals surface area (Å²) in [5, 5.41) is 9.47. The summed E-state index contributed by atoms with van der Waals surface area (Å²) in [7, 11) is 0. The first-order valence-corrected chi connectivity index (χ1v) is 7.64. The summed E-state index contributed by atoms with van der Waals surface area (Å²) in [6, 6.07) is 9.07. The van der Waals surface area contributed by atoms with Crippen molar-refractivity contribution in [1.82, 2.24) is 4.90 Å². The van der Waals surface area contributed by atoms with Crippen molar-refractivity contribution in [2.75, 3.05) is 19.6 Å². The number of nitrogens with zero attached hydrogens (tertiary/aromatic N) is 1. The molecule has 2 heteroatoms. The Morgan fingerprint density at radius 1 is 1.16 bits per heavy atom. The van der Waals surface area contributed by atoms with Crippen LogP contribution in [0.2, 0.25) is 0 Å². The molecule has 1 saturated heterocycles. The molecule has 0 aliphatic carbocycles. The number of piperidine rings is 1. The smallest absolute Gasteiger partial charge is 0.0564 e. The fraction of sp³-hybridized carbons (Fsp3) is 0.647. The van der Waals surface area contributed by atoms with Gasteiger partial charge in [0.05, 0.1) is 6.10 Å². The molecule has 0 unspecified atom stereocenters. The molecule has 1 heterocycles. The fourth-order valence-electron chi connectivity index (χ4n) is 2.72. The van der Waals surface area contributed by atoms with Gasteiger partial charge in [0.2, 0.25) is 0 Å². The zero-order valence-electron chi connectivity index (χ0n) is 12.3. The van der Waals surface area contributed by atoms with E-state index in [1.807, 2.05) is 0 Å². The normalized spacial score (nSPS) is 18.1. The summed E-state index contributed by atoms with van der Waals surface area (Å²) in [4.78, 5) is 2.48. The minimum atomic E-state index is -0.0557. The molecular formula is C17H27NO. The number of aliphatic hydroxyl groups is 1. The van der Waals surface area contributed by atoms with Gasteiger partial charge in [0.1, 0.15) is 0 Å². The third-order valence-corrected chi connectivity index (χ3v) is 4.14. The molecule has 2 rings (SSSR count). The maximum absolute atomic E-state index is 9.47. The molecule has 1 aromatic rings. The molecule has 2 nitrogen and oxygen atoms in total. The van der Waals surface area contributed by atoms with Gasteiger partial charge >= 0.3 is 0 Å². The quantitative estimate of drug-likeness (QED) is 0.880. The highest BCUT2D eigenvalue weighted by molar-refractivity contribution is 5.24. The minimum absolute atomic E-state index is 0.0557. The summed E-state index contributed by atoms with van der Waals surface area (Å²) < 4.78 is 0. The van der Waals surface area contributed by atoms with Crippen LogP contribution in [0.25, 0.3) is 0 Å². The summed E-state index contributed by atoms with van der Waals surface area (Å²) in [5.74, 6) is 0.619. The van der Waals surface area contributed by atoms with Crippen LogP contribution in [0.4, 0.5) is 0 Å². The lowest BCUT2D eigenvalue weighted by Crippen LogP contribution is -2.36. The molecule has 1 fully saturated rings. The van der Waals surface area contributed by atoms with Gasteiger partial charge in [0, 0.05) is 13.1 Å². The molecule has 1 N–H and O–H groups in total. The predicted molar refractivity (Wildman–Crippen MR) is 80.5 cm³/mol. The second kappa shape index (κ2) is 7.06. The Bertz CT molecular complexity index is 363. The second-order valence-electron chi connectivity index (χ2n) is 6.07. The van der Waals surface area contributed by atoms with Crippen LogP contribution in [-0.4, -0.2) is 35.7 Å². The van der Waals surface area contributed by atoms with Crippen molar-refractivity contribution < 1.29 is 5.11 Å². The van der Waals surface area contributed by atoms with Crippen LogP contribution < -0.4 is 0 Å². The molecule has 1 aliphatic heterocycles. The van der Waals surface area contributed by atoms with Crippen molar-refractivity contribution in [1.29, 1.82) is 0 Å². The van der Waals surface area contributed by atoms with Crippen molar-refractivity contribution in [3.8, 4) is 0 Å². The molecule has 0 aromatic heterocycles. The minimum Gasteiger partial charge on any atom is -0.393 e. The van der Waals surface area contributed by atoms with Gasteiger partial charge in [-0.15, -0.1) is 0 Å². The molecule has 0 spiro atoms. The number of benzene rings is 1. The fourth-order valence-corrected chi connectivity index (χ4v) is 2.72. The maximum Gasteiger partial charge on any atom is 0.0564 e. The third-order valence-electron chi connectivity index (χ3n) is 4.14. The van der Waals surface area contributed by atoms with Gasteiger partial charge in [-0.3, -0.25) is 0 Å². The van der Waals surface area contributed by atoms with E-state index in [0.717, 1.165) is 32.4 Å². The van der Waals surface area contributed by atoms with Crippen LogP contribution >= 0.6 is 0 Å². The van der Waals surface area contributed by atoms with E-state index >= 15 is 0 Å². The van der Waals surface area contributed by atoms with E-state index in [0.29, 0.717) is 5.92 Å². The van der Waals surface area contributed by atoms with Crippen molar-refractivity contribution in [3.63, 3.8) is 0 Å². The number of rotatable bonds is 5. The summed E-state index contributed by atoms with van der Waals surface area (Å²) in [6.45, 7) is 7.76. The summed E-state index contributed by atoms with van der Waals surface area (Å²) in [5.41, 5.74) is 2.87. The second-order valence-corrected chi connectivity index (χ2v) is 6.07. The standard InChI is InChI=1S/C17H27NO/c1-14(2)16-7-5-15(6-8-16)4-3-11-18-12-9-17(19)10-13-18/h5-8,14,17,19H,3-4,9-13H2,1-2H3. The number of likely N-dealkylation sites (tertiary alicyclic amines) is 1. The van der Waals surface area contributed by atoms with Crippen LogP contribution in [0, 0.1) is 0 Å². The first-order valence-electron chi connectivity index (χ1n) is 7.64. The highest BCUT2D eigenvalue weighted by Crippen LogP contribution is 2.16. The van der Waals surface area contributed by atoms with Crippen LogP contribution in [-0.2, 0) is 6.42 Å². The van der Waals surface area contributed by atoms with E-state index in [2.05, 4.69) is 43.0 Å². The number of hydrogen-bond donors (Lipinski definition) is 1. The largest absolute Gasteiger partial charge is 0.393 e. The topological polar surface area (TPSA) is 23.5 Å². The molecule has 0 radical (unpaired) electrons. The highest BCUT2D eigenvalue weighted by atomic mass is 16.3. The summed E-state index contributed by atoms with van der Waals surface area (Å²) >= 11 is 0. The Morgan fingerprint density at radius 3 is 2.37 bits per heavy atom. The zero-order valence-corrected chi connectivity index (χ0v) is 12.3.